The third-order valence-corrected chi connectivity index (χ3v) is 3.25. The molecule has 0 radical (unpaired) electrons. The summed E-state index contributed by atoms with van der Waals surface area (Å²) in [5, 5.41) is 6.13. The maximum Gasteiger partial charge on any atom is 0.347 e. The molecule has 1 N–H and O–H groups in total. The summed E-state index contributed by atoms with van der Waals surface area (Å²) in [6.07, 6.45) is -1.88. The van der Waals surface area contributed by atoms with E-state index in [0.717, 1.165) is 0 Å². The second kappa shape index (κ2) is 8.18. The van der Waals surface area contributed by atoms with Gasteiger partial charge in [0.1, 0.15) is 17.3 Å². The molecule has 0 spiro atoms. The first-order chi connectivity index (χ1) is 11.9. The molecule has 1 amide bonds. The van der Waals surface area contributed by atoms with Crippen molar-refractivity contribution in [1.29, 1.82) is 0 Å². The van der Waals surface area contributed by atoms with E-state index in [0.29, 0.717) is 17.3 Å². The molecule has 2 unspecified atom stereocenters. The zero-order valence-corrected chi connectivity index (χ0v) is 14.4. The molecule has 8 nitrogen and oxygen atoms in total. The Kier molecular flexibility index (Phi) is 5.99. The number of esters is 1. The number of methoxy groups -OCH3 is 1. The summed E-state index contributed by atoms with van der Waals surface area (Å²) in [5.41, 5.74) is 0. The molecule has 1 heterocycles. The van der Waals surface area contributed by atoms with Gasteiger partial charge in [0, 0.05) is 6.07 Å². The highest BCUT2D eigenvalue weighted by Gasteiger charge is 2.24. The molecule has 2 atom stereocenters. The van der Waals surface area contributed by atoms with Crippen molar-refractivity contribution in [3.8, 4) is 11.5 Å². The van der Waals surface area contributed by atoms with E-state index in [2.05, 4.69) is 10.5 Å². The van der Waals surface area contributed by atoms with Gasteiger partial charge in [0.2, 0.25) is 0 Å². The fourth-order valence-electron chi connectivity index (χ4n) is 1.88. The molecular formula is C17H20N2O6. The van der Waals surface area contributed by atoms with Crippen LogP contribution in [0.4, 0.5) is 5.82 Å². The van der Waals surface area contributed by atoms with Crippen LogP contribution in [0.3, 0.4) is 0 Å². The van der Waals surface area contributed by atoms with Crippen molar-refractivity contribution in [1.82, 2.24) is 5.16 Å². The normalized spacial score (nSPS) is 12.8. The standard InChI is InChI=1S/C17H20N2O6/c1-10-9-15(19-25-10)18-16(20)11(2)24-17(21)12(3)23-14-7-5-13(22-4)6-8-14/h5-9,11-12H,1-4H3,(H,18,19,20). The molecule has 0 fully saturated rings. The number of aromatic nitrogens is 1. The van der Waals surface area contributed by atoms with Gasteiger partial charge in [-0.05, 0) is 45.0 Å². The number of nitrogens with one attached hydrogen (secondary N) is 1. The Bertz CT molecular complexity index is 725. The van der Waals surface area contributed by atoms with Crippen LogP contribution in [0.15, 0.2) is 34.9 Å². The Morgan fingerprint density at radius 1 is 1.12 bits per heavy atom. The quantitative estimate of drug-likeness (QED) is 0.766. The zero-order valence-electron chi connectivity index (χ0n) is 14.4. The maximum absolute atomic E-state index is 12.1. The molecule has 0 aliphatic rings. The largest absolute Gasteiger partial charge is 0.497 e. The fraction of sp³-hybridized carbons (Fsp3) is 0.353. The summed E-state index contributed by atoms with van der Waals surface area (Å²) >= 11 is 0. The van der Waals surface area contributed by atoms with Crippen molar-refractivity contribution in [3.05, 3.63) is 36.1 Å². The van der Waals surface area contributed by atoms with Crippen molar-refractivity contribution in [2.45, 2.75) is 33.0 Å². The summed E-state index contributed by atoms with van der Waals surface area (Å²) in [6.45, 7) is 4.70. The van der Waals surface area contributed by atoms with Gasteiger partial charge < -0.3 is 24.1 Å². The predicted molar refractivity (Wildman–Crippen MR) is 88.5 cm³/mol. The Labute approximate surface area is 145 Å². The number of carbonyl (C=O) groups is 2. The van der Waals surface area contributed by atoms with E-state index in [4.69, 9.17) is 18.7 Å². The molecule has 2 rings (SSSR count). The van der Waals surface area contributed by atoms with Gasteiger partial charge in [-0.1, -0.05) is 5.16 Å². The monoisotopic (exact) mass is 348 g/mol. The van der Waals surface area contributed by atoms with E-state index in [1.54, 1.807) is 44.4 Å². The second-order valence-corrected chi connectivity index (χ2v) is 5.33. The lowest BCUT2D eigenvalue weighted by Crippen LogP contribution is -2.35. The molecule has 8 heteroatoms. The highest BCUT2D eigenvalue weighted by atomic mass is 16.6. The first-order valence-corrected chi connectivity index (χ1v) is 7.64. The van der Waals surface area contributed by atoms with Gasteiger partial charge in [0.15, 0.2) is 18.0 Å². The number of nitrogens with zero attached hydrogens (tertiary/aromatic N) is 1. The minimum Gasteiger partial charge on any atom is -0.497 e. The van der Waals surface area contributed by atoms with Crippen molar-refractivity contribution in [2.24, 2.45) is 0 Å². The van der Waals surface area contributed by atoms with Gasteiger partial charge in [-0.3, -0.25) is 4.79 Å². The Hall–Kier alpha value is -3.03. The molecular weight excluding hydrogens is 328 g/mol. The number of ether oxygens (including phenoxy) is 3. The number of benzene rings is 1. The van der Waals surface area contributed by atoms with E-state index in [-0.39, 0.29) is 5.82 Å². The number of rotatable bonds is 7. The van der Waals surface area contributed by atoms with Crippen LogP contribution in [0.2, 0.25) is 0 Å². The van der Waals surface area contributed by atoms with E-state index >= 15 is 0 Å². The first-order valence-electron chi connectivity index (χ1n) is 7.64. The van der Waals surface area contributed by atoms with Crippen LogP contribution in [-0.4, -0.2) is 36.4 Å². The smallest absolute Gasteiger partial charge is 0.347 e. The van der Waals surface area contributed by atoms with Gasteiger partial charge in [0.05, 0.1) is 7.11 Å². The number of hydrogen-bond donors (Lipinski definition) is 1. The van der Waals surface area contributed by atoms with Crippen LogP contribution in [0.1, 0.15) is 19.6 Å². The minimum absolute atomic E-state index is 0.257. The third-order valence-electron chi connectivity index (χ3n) is 3.25. The van der Waals surface area contributed by atoms with Crippen LogP contribution < -0.4 is 14.8 Å². The first kappa shape index (κ1) is 18.3. The molecule has 0 saturated carbocycles. The number of amides is 1. The molecule has 0 aliphatic carbocycles. The van der Waals surface area contributed by atoms with E-state index in [1.165, 1.54) is 13.8 Å². The zero-order chi connectivity index (χ0) is 18.4. The molecule has 1 aromatic carbocycles. The molecule has 0 bridgehead atoms. The highest BCUT2D eigenvalue weighted by molar-refractivity contribution is 5.94. The number of carbonyl (C=O) groups excluding carboxylic acids is 2. The molecule has 1 aromatic heterocycles. The van der Waals surface area contributed by atoms with Crippen molar-refractivity contribution in [3.63, 3.8) is 0 Å². The molecule has 134 valence electrons. The Morgan fingerprint density at radius 3 is 2.32 bits per heavy atom. The van der Waals surface area contributed by atoms with Crippen LogP contribution in [-0.2, 0) is 14.3 Å². The molecule has 2 aromatic rings. The predicted octanol–water partition coefficient (Wildman–Crippen LogP) is 2.33. The third kappa shape index (κ3) is 5.23. The van der Waals surface area contributed by atoms with Crippen molar-refractivity contribution in [2.75, 3.05) is 12.4 Å². The second-order valence-electron chi connectivity index (χ2n) is 5.33. The van der Waals surface area contributed by atoms with E-state index < -0.39 is 24.1 Å². The highest BCUT2D eigenvalue weighted by Crippen LogP contribution is 2.18. The van der Waals surface area contributed by atoms with Crippen LogP contribution in [0.25, 0.3) is 0 Å². The lowest BCUT2D eigenvalue weighted by molar-refractivity contribution is -0.159. The number of hydrogen-bond acceptors (Lipinski definition) is 7. The van der Waals surface area contributed by atoms with Crippen LogP contribution in [0.5, 0.6) is 11.5 Å². The maximum atomic E-state index is 12.1. The average Bonchev–Trinajstić information content (AvgIpc) is 3.00. The lowest BCUT2D eigenvalue weighted by Gasteiger charge is -2.17. The van der Waals surface area contributed by atoms with Gasteiger partial charge in [-0.25, -0.2) is 4.79 Å². The lowest BCUT2D eigenvalue weighted by atomic mass is 10.3. The summed E-state index contributed by atoms with van der Waals surface area (Å²) in [5.74, 6) is 0.805. The van der Waals surface area contributed by atoms with Crippen molar-refractivity contribution < 1.29 is 28.3 Å². The Balaban J connectivity index is 1.85. The van der Waals surface area contributed by atoms with Gasteiger partial charge in [-0.2, -0.15) is 0 Å². The molecule has 0 saturated heterocycles. The van der Waals surface area contributed by atoms with E-state index in [9.17, 15) is 9.59 Å². The molecule has 0 aliphatic heterocycles. The van der Waals surface area contributed by atoms with Crippen molar-refractivity contribution >= 4 is 17.7 Å². The summed E-state index contributed by atoms with van der Waals surface area (Å²) in [4.78, 5) is 24.0. The van der Waals surface area contributed by atoms with Gasteiger partial charge >= 0.3 is 5.97 Å². The SMILES string of the molecule is COc1ccc(OC(C)C(=O)OC(C)C(=O)Nc2cc(C)on2)cc1. The minimum atomic E-state index is -1.01. The van der Waals surface area contributed by atoms with E-state index in [1.807, 2.05) is 0 Å². The summed E-state index contributed by atoms with van der Waals surface area (Å²) < 4.78 is 20.5. The average molecular weight is 348 g/mol. The topological polar surface area (TPSA) is 99.9 Å². The molecule has 25 heavy (non-hydrogen) atoms. The number of aryl methyl sites for hydroxylation is 1. The summed E-state index contributed by atoms with van der Waals surface area (Å²) in [6, 6.07) is 8.33. The van der Waals surface area contributed by atoms with Crippen LogP contribution in [0, 0.1) is 6.92 Å². The van der Waals surface area contributed by atoms with Gasteiger partial charge in [-0.15, -0.1) is 0 Å². The fourth-order valence-corrected chi connectivity index (χ4v) is 1.88. The number of anilines is 1. The van der Waals surface area contributed by atoms with Gasteiger partial charge in [0.25, 0.3) is 5.91 Å². The summed E-state index contributed by atoms with van der Waals surface area (Å²) in [7, 11) is 1.56. The van der Waals surface area contributed by atoms with Crippen LogP contribution >= 0.6 is 0 Å². The Morgan fingerprint density at radius 2 is 1.76 bits per heavy atom.